The first kappa shape index (κ1) is 21.0. The molecule has 2 rings (SSSR count). The van der Waals surface area contributed by atoms with Gasteiger partial charge in [0.05, 0.1) is 0 Å². The first-order valence-electron chi connectivity index (χ1n) is 8.87. The molecule has 0 aliphatic heterocycles. The van der Waals surface area contributed by atoms with E-state index in [-0.39, 0.29) is 19.2 Å². The predicted octanol–water partition coefficient (Wildman–Crippen LogP) is 3.99. The van der Waals surface area contributed by atoms with E-state index in [1.807, 2.05) is 81.4 Å². The highest BCUT2D eigenvalue weighted by molar-refractivity contribution is 5.99. The van der Waals surface area contributed by atoms with Crippen LogP contribution in [0.3, 0.4) is 0 Å². The molecule has 0 aromatic heterocycles. The summed E-state index contributed by atoms with van der Waals surface area (Å²) in [7, 11) is 0. The zero-order valence-electron chi connectivity index (χ0n) is 16.3. The number of nitrogens with zero attached hydrogens (tertiary/aromatic N) is 1. The number of nitrogens with one attached hydrogen (secondary N) is 2. The van der Waals surface area contributed by atoms with Gasteiger partial charge in [0.25, 0.3) is 0 Å². The summed E-state index contributed by atoms with van der Waals surface area (Å²) in [6, 6.07) is 18.5. The first-order chi connectivity index (χ1) is 13.3. The van der Waals surface area contributed by atoms with Gasteiger partial charge in [-0.1, -0.05) is 60.7 Å². The largest absolute Gasteiger partial charge is 0.444 e. The van der Waals surface area contributed by atoms with Gasteiger partial charge in [-0.2, -0.15) is 0 Å². The zero-order valence-corrected chi connectivity index (χ0v) is 16.3. The fourth-order valence-electron chi connectivity index (χ4n) is 2.14. The van der Waals surface area contributed by atoms with E-state index in [0.29, 0.717) is 0 Å². The minimum Gasteiger partial charge on any atom is -0.444 e. The third-order valence-corrected chi connectivity index (χ3v) is 3.33. The average Bonchev–Trinajstić information content (AvgIpc) is 2.65. The topological polar surface area (TPSA) is 89.0 Å². The first-order valence-corrected chi connectivity index (χ1v) is 8.87. The van der Waals surface area contributed by atoms with Gasteiger partial charge in [-0.15, -0.1) is 4.99 Å². The number of guanidine groups is 1. The Morgan fingerprint density at radius 3 is 1.86 bits per heavy atom. The van der Waals surface area contributed by atoms with Crippen molar-refractivity contribution in [3.05, 3.63) is 71.8 Å². The van der Waals surface area contributed by atoms with Crippen molar-refractivity contribution in [2.75, 3.05) is 0 Å². The number of carbonyl (C=O) groups is 2. The number of hydrogen-bond acceptors (Lipinski definition) is 4. The normalized spacial score (nSPS) is 11.5. The maximum absolute atomic E-state index is 12.1. The molecule has 2 aromatic carbocycles. The van der Waals surface area contributed by atoms with Crippen molar-refractivity contribution in [2.24, 2.45) is 4.99 Å². The lowest BCUT2D eigenvalue weighted by Crippen LogP contribution is -2.49. The van der Waals surface area contributed by atoms with E-state index in [1.54, 1.807) is 0 Å². The summed E-state index contributed by atoms with van der Waals surface area (Å²) in [5.74, 6) is -0.0383. The molecule has 0 spiro atoms. The number of carbonyl (C=O) groups excluding carboxylic acids is 2. The van der Waals surface area contributed by atoms with Crippen LogP contribution in [0.5, 0.6) is 0 Å². The second-order valence-electron chi connectivity index (χ2n) is 7.06. The van der Waals surface area contributed by atoms with Crippen LogP contribution < -0.4 is 10.6 Å². The number of hydrogen-bond donors (Lipinski definition) is 2. The van der Waals surface area contributed by atoms with Crippen LogP contribution in [-0.2, 0) is 22.7 Å². The molecule has 0 saturated carbocycles. The van der Waals surface area contributed by atoms with Crippen LogP contribution >= 0.6 is 0 Å². The van der Waals surface area contributed by atoms with Crippen molar-refractivity contribution in [3.63, 3.8) is 0 Å². The van der Waals surface area contributed by atoms with Gasteiger partial charge in [0.2, 0.25) is 5.96 Å². The third kappa shape index (κ3) is 8.35. The fraction of sp³-hybridized carbons (Fsp3) is 0.286. The Balaban J connectivity index is 1.94. The van der Waals surface area contributed by atoms with Gasteiger partial charge in [0.15, 0.2) is 0 Å². The molecule has 0 fully saturated rings. The lowest BCUT2D eigenvalue weighted by Gasteiger charge is -2.23. The van der Waals surface area contributed by atoms with Crippen LogP contribution in [0.4, 0.5) is 9.59 Å². The lowest BCUT2D eigenvalue weighted by atomic mass is 10.1. The average molecular weight is 383 g/mol. The van der Waals surface area contributed by atoms with Crippen molar-refractivity contribution in [2.45, 2.75) is 39.5 Å². The Hall–Kier alpha value is -3.35. The standard InChI is InChI=1S/C21H25N3O4/c1-21(2,3)24-18(22-19(25)27-14-16-10-6-4-7-11-16)23-20(26)28-15-17-12-8-5-9-13-17/h4-13H,14-15H2,1-3H3,(H2,22,23,24,25,26). The maximum atomic E-state index is 12.1. The van der Waals surface area contributed by atoms with E-state index in [9.17, 15) is 9.59 Å². The number of ether oxygens (including phenoxy) is 2. The molecule has 148 valence electrons. The van der Waals surface area contributed by atoms with Crippen LogP contribution in [-0.4, -0.2) is 23.7 Å². The quantitative estimate of drug-likeness (QED) is 0.615. The van der Waals surface area contributed by atoms with E-state index in [0.717, 1.165) is 11.1 Å². The molecular formula is C21H25N3O4. The summed E-state index contributed by atoms with van der Waals surface area (Å²) in [4.78, 5) is 27.9. The lowest BCUT2D eigenvalue weighted by molar-refractivity contribution is 0.144. The molecule has 0 unspecified atom stereocenters. The molecule has 0 atom stereocenters. The summed E-state index contributed by atoms with van der Waals surface area (Å²) in [5.41, 5.74) is 1.25. The van der Waals surface area contributed by atoms with Gasteiger partial charge in [0, 0.05) is 5.54 Å². The fourth-order valence-corrected chi connectivity index (χ4v) is 2.14. The van der Waals surface area contributed by atoms with Crippen molar-refractivity contribution in [1.82, 2.24) is 10.6 Å². The molecule has 2 aromatic rings. The van der Waals surface area contributed by atoms with Gasteiger partial charge in [-0.3, -0.25) is 5.32 Å². The summed E-state index contributed by atoms with van der Waals surface area (Å²) in [6.45, 7) is 5.80. The van der Waals surface area contributed by atoms with Crippen LogP contribution in [0.25, 0.3) is 0 Å². The Bertz CT molecular complexity index is 799. The Morgan fingerprint density at radius 2 is 1.36 bits per heavy atom. The second-order valence-corrected chi connectivity index (χ2v) is 7.06. The predicted molar refractivity (Wildman–Crippen MR) is 107 cm³/mol. The summed E-state index contributed by atoms with van der Waals surface area (Å²) in [5, 5.41) is 5.40. The molecule has 0 aliphatic carbocycles. The van der Waals surface area contributed by atoms with Gasteiger partial charge in [0.1, 0.15) is 13.2 Å². The van der Waals surface area contributed by atoms with E-state index in [1.165, 1.54) is 0 Å². The van der Waals surface area contributed by atoms with Gasteiger partial charge in [-0.25, -0.2) is 9.59 Å². The monoisotopic (exact) mass is 383 g/mol. The Labute approximate surface area is 164 Å². The van der Waals surface area contributed by atoms with Gasteiger partial charge < -0.3 is 14.8 Å². The molecule has 28 heavy (non-hydrogen) atoms. The maximum Gasteiger partial charge on any atom is 0.437 e. The highest BCUT2D eigenvalue weighted by Gasteiger charge is 2.17. The minimum atomic E-state index is -0.820. The molecular weight excluding hydrogens is 358 g/mol. The van der Waals surface area contributed by atoms with Crippen LogP contribution in [0, 0.1) is 0 Å². The molecule has 0 saturated heterocycles. The molecule has 2 amide bonds. The Kier molecular flexibility index (Phi) is 7.56. The summed E-state index contributed by atoms with van der Waals surface area (Å²) in [6.07, 6.45) is -1.55. The van der Waals surface area contributed by atoms with E-state index >= 15 is 0 Å². The van der Waals surface area contributed by atoms with Crippen LogP contribution in [0.15, 0.2) is 65.7 Å². The molecule has 7 heteroatoms. The highest BCUT2D eigenvalue weighted by atomic mass is 16.6. The van der Waals surface area contributed by atoms with Crippen LogP contribution in [0.1, 0.15) is 31.9 Å². The SMILES string of the molecule is CC(C)(C)N/C(=N/C(=O)OCc1ccccc1)NC(=O)OCc1ccccc1. The molecule has 0 radical (unpaired) electrons. The molecule has 0 aliphatic rings. The number of amides is 2. The van der Waals surface area contributed by atoms with Crippen molar-refractivity contribution in [3.8, 4) is 0 Å². The Morgan fingerprint density at radius 1 is 0.857 bits per heavy atom. The molecule has 7 nitrogen and oxygen atoms in total. The van der Waals surface area contributed by atoms with Crippen LogP contribution in [0.2, 0.25) is 0 Å². The van der Waals surface area contributed by atoms with Gasteiger partial charge >= 0.3 is 12.2 Å². The summed E-state index contributed by atoms with van der Waals surface area (Å²) < 4.78 is 10.3. The molecule has 0 heterocycles. The second kappa shape index (κ2) is 10.1. The highest BCUT2D eigenvalue weighted by Crippen LogP contribution is 2.04. The van der Waals surface area contributed by atoms with Gasteiger partial charge in [-0.05, 0) is 31.9 Å². The third-order valence-electron chi connectivity index (χ3n) is 3.33. The minimum absolute atomic E-state index is 0.0383. The van der Waals surface area contributed by atoms with Crippen molar-refractivity contribution >= 4 is 18.1 Å². The smallest absolute Gasteiger partial charge is 0.437 e. The van der Waals surface area contributed by atoms with E-state index in [2.05, 4.69) is 15.6 Å². The van der Waals surface area contributed by atoms with Crippen molar-refractivity contribution in [1.29, 1.82) is 0 Å². The summed E-state index contributed by atoms with van der Waals surface area (Å²) >= 11 is 0. The van der Waals surface area contributed by atoms with Crippen molar-refractivity contribution < 1.29 is 19.1 Å². The van der Waals surface area contributed by atoms with E-state index < -0.39 is 17.7 Å². The molecule has 2 N–H and O–H groups in total. The zero-order chi connectivity index (χ0) is 20.4. The number of benzene rings is 2. The molecule has 0 bridgehead atoms. The number of alkyl carbamates (subject to hydrolysis) is 1. The number of rotatable bonds is 4. The number of aliphatic imine (C=N–C) groups is 1. The van der Waals surface area contributed by atoms with E-state index in [4.69, 9.17) is 9.47 Å².